The molecule has 0 aliphatic rings. The highest BCUT2D eigenvalue weighted by molar-refractivity contribution is 7.14. The normalized spacial score (nSPS) is 10.6. The van der Waals surface area contributed by atoms with Crippen LogP contribution in [0.25, 0.3) is 11.3 Å². The van der Waals surface area contributed by atoms with Gasteiger partial charge in [-0.25, -0.2) is 13.8 Å². The van der Waals surface area contributed by atoms with Crippen LogP contribution in [0.15, 0.2) is 47.8 Å². The molecule has 0 aliphatic carbocycles. The zero-order valence-electron chi connectivity index (χ0n) is 14.0. The minimum atomic E-state index is -0.692. The number of nitrogens with one attached hydrogen (secondary N) is 1. The first-order valence-electron chi connectivity index (χ1n) is 7.97. The molecule has 0 bridgehead atoms. The molecule has 3 rings (SSSR count). The molecule has 7 heteroatoms. The number of carbonyl (C=O) groups is 1. The third-order valence-electron chi connectivity index (χ3n) is 3.56. The zero-order valence-corrected chi connectivity index (χ0v) is 14.8. The van der Waals surface area contributed by atoms with Gasteiger partial charge >= 0.3 is 0 Å². The molecule has 1 heterocycles. The Hall–Kier alpha value is -2.80. The van der Waals surface area contributed by atoms with Crippen molar-refractivity contribution in [2.24, 2.45) is 0 Å². The van der Waals surface area contributed by atoms with E-state index in [-0.39, 0.29) is 17.9 Å². The summed E-state index contributed by atoms with van der Waals surface area (Å²) in [4.78, 5) is 16.3. The van der Waals surface area contributed by atoms with Crippen LogP contribution in [0.5, 0.6) is 5.75 Å². The van der Waals surface area contributed by atoms with Gasteiger partial charge in [-0.1, -0.05) is 12.1 Å². The fraction of sp³-hybridized carbons (Fsp3) is 0.158. The van der Waals surface area contributed by atoms with Crippen molar-refractivity contribution in [1.82, 2.24) is 4.98 Å². The maximum atomic E-state index is 13.8. The smallest absolute Gasteiger partial charge is 0.230 e. The summed E-state index contributed by atoms with van der Waals surface area (Å²) < 4.78 is 32.2. The Morgan fingerprint density at radius 3 is 2.65 bits per heavy atom. The van der Waals surface area contributed by atoms with Crippen molar-refractivity contribution in [3.05, 3.63) is 65.0 Å². The molecule has 0 aliphatic heterocycles. The van der Waals surface area contributed by atoms with Gasteiger partial charge in [0.2, 0.25) is 5.91 Å². The molecule has 4 nitrogen and oxygen atoms in total. The summed E-state index contributed by atoms with van der Waals surface area (Å²) in [7, 11) is 0. The average molecular weight is 374 g/mol. The minimum Gasteiger partial charge on any atom is -0.494 e. The standard InChI is InChI=1S/C19H16F2N2O2S/c1-2-25-14-6-3-12(4-7-14)9-18(24)23-19-22-17(11-26-19)15-8-5-13(20)10-16(15)21/h3-8,10-11H,2,9H2,1H3,(H,22,23,24). The largest absolute Gasteiger partial charge is 0.494 e. The third-order valence-corrected chi connectivity index (χ3v) is 4.31. The molecule has 0 spiro atoms. The van der Waals surface area contributed by atoms with Gasteiger partial charge in [-0.2, -0.15) is 0 Å². The number of nitrogens with zero attached hydrogens (tertiary/aromatic N) is 1. The summed E-state index contributed by atoms with van der Waals surface area (Å²) >= 11 is 1.18. The highest BCUT2D eigenvalue weighted by Gasteiger charge is 2.12. The summed E-state index contributed by atoms with van der Waals surface area (Å²) in [5.41, 5.74) is 1.38. The second-order valence-electron chi connectivity index (χ2n) is 5.46. The summed E-state index contributed by atoms with van der Waals surface area (Å²) in [6, 6.07) is 10.6. The molecular weight excluding hydrogens is 358 g/mol. The van der Waals surface area contributed by atoms with Crippen molar-refractivity contribution in [3.8, 4) is 17.0 Å². The van der Waals surface area contributed by atoms with Gasteiger partial charge in [0.05, 0.1) is 18.7 Å². The van der Waals surface area contributed by atoms with E-state index in [0.29, 0.717) is 17.4 Å². The van der Waals surface area contributed by atoms with Crippen molar-refractivity contribution in [3.63, 3.8) is 0 Å². The first-order valence-corrected chi connectivity index (χ1v) is 8.85. The lowest BCUT2D eigenvalue weighted by Crippen LogP contribution is -2.14. The van der Waals surface area contributed by atoms with Gasteiger partial charge in [0.1, 0.15) is 17.4 Å². The van der Waals surface area contributed by atoms with Crippen LogP contribution >= 0.6 is 11.3 Å². The summed E-state index contributed by atoms with van der Waals surface area (Å²) in [5, 5.41) is 4.67. The number of thiazole rings is 1. The van der Waals surface area contributed by atoms with E-state index in [4.69, 9.17) is 4.74 Å². The minimum absolute atomic E-state index is 0.187. The number of ether oxygens (including phenoxy) is 1. The lowest BCUT2D eigenvalue weighted by atomic mass is 10.1. The predicted octanol–water partition coefficient (Wildman–Crippen LogP) is 4.67. The molecule has 0 saturated heterocycles. The predicted molar refractivity (Wildman–Crippen MR) is 97.4 cm³/mol. The van der Waals surface area contributed by atoms with Crippen molar-refractivity contribution in [2.45, 2.75) is 13.3 Å². The summed E-state index contributed by atoms with van der Waals surface area (Å²) in [6.07, 6.45) is 0.187. The first kappa shape index (κ1) is 18.0. The highest BCUT2D eigenvalue weighted by atomic mass is 32.1. The topological polar surface area (TPSA) is 51.2 Å². The van der Waals surface area contributed by atoms with Gasteiger partial charge < -0.3 is 10.1 Å². The Morgan fingerprint density at radius 1 is 1.19 bits per heavy atom. The number of benzene rings is 2. The number of hydrogen-bond donors (Lipinski definition) is 1. The van der Waals surface area contributed by atoms with Gasteiger partial charge in [0, 0.05) is 17.0 Å². The van der Waals surface area contributed by atoms with E-state index < -0.39 is 11.6 Å². The third kappa shape index (κ3) is 4.43. The molecule has 0 atom stereocenters. The van der Waals surface area contributed by atoms with Gasteiger partial charge in [-0.3, -0.25) is 4.79 Å². The van der Waals surface area contributed by atoms with E-state index in [2.05, 4.69) is 10.3 Å². The van der Waals surface area contributed by atoms with E-state index in [1.807, 2.05) is 31.2 Å². The molecule has 0 saturated carbocycles. The second kappa shape index (κ2) is 8.05. The molecule has 0 unspecified atom stereocenters. The fourth-order valence-corrected chi connectivity index (χ4v) is 3.10. The molecule has 134 valence electrons. The van der Waals surface area contributed by atoms with E-state index >= 15 is 0 Å². The Morgan fingerprint density at radius 2 is 1.96 bits per heavy atom. The molecular formula is C19H16F2N2O2S. The second-order valence-corrected chi connectivity index (χ2v) is 6.32. The van der Waals surface area contributed by atoms with Gasteiger partial charge in [0.15, 0.2) is 5.13 Å². The Labute approximate surface area is 153 Å². The molecule has 1 amide bonds. The number of hydrogen-bond acceptors (Lipinski definition) is 4. The molecule has 0 fully saturated rings. The quantitative estimate of drug-likeness (QED) is 0.682. The SMILES string of the molecule is CCOc1ccc(CC(=O)Nc2nc(-c3ccc(F)cc3F)cs2)cc1. The van der Waals surface area contributed by atoms with Crippen LogP contribution < -0.4 is 10.1 Å². The number of aromatic nitrogens is 1. The highest BCUT2D eigenvalue weighted by Crippen LogP contribution is 2.27. The van der Waals surface area contributed by atoms with Crippen LogP contribution in [0, 0.1) is 11.6 Å². The number of amides is 1. The van der Waals surface area contributed by atoms with E-state index in [9.17, 15) is 13.6 Å². The van der Waals surface area contributed by atoms with E-state index in [1.54, 1.807) is 5.38 Å². The molecule has 1 N–H and O–H groups in total. The molecule has 2 aromatic carbocycles. The molecule has 26 heavy (non-hydrogen) atoms. The van der Waals surface area contributed by atoms with Crippen LogP contribution in [0.2, 0.25) is 0 Å². The lowest BCUT2D eigenvalue weighted by molar-refractivity contribution is -0.115. The van der Waals surface area contributed by atoms with E-state index in [1.165, 1.54) is 23.5 Å². The number of anilines is 1. The van der Waals surface area contributed by atoms with Crippen LogP contribution in [0.1, 0.15) is 12.5 Å². The maximum Gasteiger partial charge on any atom is 0.230 e. The van der Waals surface area contributed by atoms with Crippen molar-refractivity contribution < 1.29 is 18.3 Å². The Balaban J connectivity index is 1.64. The van der Waals surface area contributed by atoms with E-state index in [0.717, 1.165) is 17.4 Å². The average Bonchev–Trinajstić information content (AvgIpc) is 3.05. The van der Waals surface area contributed by atoms with Crippen LogP contribution in [0.3, 0.4) is 0 Å². The van der Waals surface area contributed by atoms with Crippen LogP contribution in [0.4, 0.5) is 13.9 Å². The lowest BCUT2D eigenvalue weighted by Gasteiger charge is -2.05. The van der Waals surface area contributed by atoms with Gasteiger partial charge in [0.25, 0.3) is 0 Å². The number of halogens is 2. The fourth-order valence-electron chi connectivity index (χ4n) is 2.37. The van der Waals surface area contributed by atoms with Crippen LogP contribution in [-0.2, 0) is 11.2 Å². The van der Waals surface area contributed by atoms with Crippen molar-refractivity contribution in [2.75, 3.05) is 11.9 Å². The van der Waals surface area contributed by atoms with Crippen molar-refractivity contribution in [1.29, 1.82) is 0 Å². The Bertz CT molecular complexity index is 910. The molecule has 3 aromatic rings. The van der Waals surface area contributed by atoms with Gasteiger partial charge in [-0.05, 0) is 36.8 Å². The van der Waals surface area contributed by atoms with Crippen molar-refractivity contribution >= 4 is 22.4 Å². The number of carbonyl (C=O) groups excluding carboxylic acids is 1. The Kier molecular flexibility index (Phi) is 5.58. The van der Waals surface area contributed by atoms with Crippen LogP contribution in [-0.4, -0.2) is 17.5 Å². The molecule has 0 radical (unpaired) electrons. The number of rotatable bonds is 6. The summed E-state index contributed by atoms with van der Waals surface area (Å²) in [6.45, 7) is 2.49. The maximum absolute atomic E-state index is 13.8. The molecule has 1 aromatic heterocycles. The first-order chi connectivity index (χ1) is 12.5. The van der Waals surface area contributed by atoms with Gasteiger partial charge in [-0.15, -0.1) is 11.3 Å². The summed E-state index contributed by atoms with van der Waals surface area (Å²) in [5.74, 6) is -0.815. The monoisotopic (exact) mass is 374 g/mol. The zero-order chi connectivity index (χ0) is 18.5.